The number of hydrogen-bond donors (Lipinski definition) is 1. The molecule has 0 unspecified atom stereocenters. The summed E-state index contributed by atoms with van der Waals surface area (Å²) in [6, 6.07) is 5.00. The van der Waals surface area contributed by atoms with Gasteiger partial charge in [0.1, 0.15) is 11.6 Å². The highest BCUT2D eigenvalue weighted by Crippen LogP contribution is 2.46. The number of thioether (sulfide) groups is 1. The normalized spacial score (nSPS) is 16.9. The van der Waals surface area contributed by atoms with Gasteiger partial charge in [0.25, 0.3) is 0 Å². The van der Waals surface area contributed by atoms with Gasteiger partial charge in [-0.05, 0) is 25.2 Å². The van der Waals surface area contributed by atoms with Crippen molar-refractivity contribution in [1.82, 2.24) is 5.32 Å². The second-order valence-corrected chi connectivity index (χ2v) is 5.72. The SMILES string of the molecule is COc1ccc(CNCC2(SC)CC2)c(F)c1. The molecule has 1 aromatic carbocycles. The Morgan fingerprint density at radius 3 is 2.76 bits per heavy atom. The van der Waals surface area contributed by atoms with Crippen LogP contribution in [0.5, 0.6) is 5.75 Å². The maximum absolute atomic E-state index is 13.6. The molecule has 1 N–H and O–H groups in total. The molecule has 0 aromatic heterocycles. The third-order valence-electron chi connectivity index (χ3n) is 3.26. The zero-order chi connectivity index (χ0) is 12.3. The molecule has 1 fully saturated rings. The molecule has 94 valence electrons. The van der Waals surface area contributed by atoms with E-state index in [9.17, 15) is 4.39 Å². The first-order valence-electron chi connectivity index (χ1n) is 5.77. The monoisotopic (exact) mass is 255 g/mol. The van der Waals surface area contributed by atoms with E-state index >= 15 is 0 Å². The zero-order valence-electron chi connectivity index (χ0n) is 10.3. The first kappa shape index (κ1) is 12.7. The predicted molar refractivity (Wildman–Crippen MR) is 70.1 cm³/mol. The maximum atomic E-state index is 13.6. The molecule has 0 spiro atoms. The fraction of sp³-hybridized carbons (Fsp3) is 0.538. The highest BCUT2D eigenvalue weighted by Gasteiger charge is 2.41. The van der Waals surface area contributed by atoms with Crippen LogP contribution in [0.4, 0.5) is 4.39 Å². The summed E-state index contributed by atoms with van der Waals surface area (Å²) in [7, 11) is 1.54. The minimum Gasteiger partial charge on any atom is -0.497 e. The van der Waals surface area contributed by atoms with Crippen LogP contribution in [0.2, 0.25) is 0 Å². The topological polar surface area (TPSA) is 21.3 Å². The highest BCUT2D eigenvalue weighted by molar-refractivity contribution is 8.00. The molecule has 17 heavy (non-hydrogen) atoms. The molecule has 2 nitrogen and oxygen atoms in total. The van der Waals surface area contributed by atoms with Crippen molar-refractivity contribution in [3.05, 3.63) is 29.6 Å². The van der Waals surface area contributed by atoms with E-state index in [1.54, 1.807) is 19.2 Å². The number of halogens is 1. The first-order valence-corrected chi connectivity index (χ1v) is 7.00. The van der Waals surface area contributed by atoms with E-state index in [0.29, 0.717) is 22.6 Å². The average molecular weight is 255 g/mol. The van der Waals surface area contributed by atoms with E-state index in [1.165, 1.54) is 18.9 Å². The molecular formula is C13H18FNOS. The summed E-state index contributed by atoms with van der Waals surface area (Å²) >= 11 is 1.91. The van der Waals surface area contributed by atoms with Crippen molar-refractivity contribution >= 4 is 11.8 Å². The Balaban J connectivity index is 1.86. The van der Waals surface area contributed by atoms with Gasteiger partial charge in [0.2, 0.25) is 0 Å². The van der Waals surface area contributed by atoms with Crippen LogP contribution < -0.4 is 10.1 Å². The van der Waals surface area contributed by atoms with Crippen molar-refractivity contribution in [1.29, 1.82) is 0 Å². The van der Waals surface area contributed by atoms with Gasteiger partial charge in [0.15, 0.2) is 0 Å². The minimum atomic E-state index is -0.203. The van der Waals surface area contributed by atoms with Crippen LogP contribution in [0.3, 0.4) is 0 Å². The Bertz CT molecular complexity index is 393. The largest absolute Gasteiger partial charge is 0.497 e. The minimum absolute atomic E-state index is 0.203. The Kier molecular flexibility index (Phi) is 3.94. The predicted octanol–water partition coefficient (Wildman–Crippen LogP) is 2.82. The summed E-state index contributed by atoms with van der Waals surface area (Å²) < 4.78 is 19.0. The number of methoxy groups -OCH3 is 1. The molecular weight excluding hydrogens is 237 g/mol. The molecule has 1 saturated carbocycles. The van der Waals surface area contributed by atoms with Gasteiger partial charge >= 0.3 is 0 Å². The third kappa shape index (κ3) is 3.13. The lowest BCUT2D eigenvalue weighted by atomic mass is 10.2. The summed E-state index contributed by atoms with van der Waals surface area (Å²) in [4.78, 5) is 0. The first-order chi connectivity index (χ1) is 8.19. The third-order valence-corrected chi connectivity index (χ3v) is 4.68. The van der Waals surface area contributed by atoms with Gasteiger partial charge in [-0.3, -0.25) is 0 Å². The van der Waals surface area contributed by atoms with E-state index < -0.39 is 0 Å². The lowest BCUT2D eigenvalue weighted by Crippen LogP contribution is -2.25. The van der Waals surface area contributed by atoms with Crippen LogP contribution in [-0.4, -0.2) is 24.7 Å². The zero-order valence-corrected chi connectivity index (χ0v) is 11.1. The lowest BCUT2D eigenvalue weighted by Gasteiger charge is -2.13. The van der Waals surface area contributed by atoms with Crippen LogP contribution in [0, 0.1) is 5.82 Å². The molecule has 0 bridgehead atoms. The smallest absolute Gasteiger partial charge is 0.131 e. The summed E-state index contributed by atoms with van der Waals surface area (Å²) in [6.07, 6.45) is 4.68. The number of hydrogen-bond acceptors (Lipinski definition) is 3. The summed E-state index contributed by atoms with van der Waals surface area (Å²) in [6.45, 7) is 1.54. The summed E-state index contributed by atoms with van der Waals surface area (Å²) in [5.41, 5.74) is 0.697. The van der Waals surface area contributed by atoms with Crippen LogP contribution in [0.25, 0.3) is 0 Å². The molecule has 0 radical (unpaired) electrons. The molecule has 4 heteroatoms. The van der Waals surface area contributed by atoms with E-state index in [2.05, 4.69) is 11.6 Å². The molecule has 0 heterocycles. The van der Waals surface area contributed by atoms with Gasteiger partial charge in [0.05, 0.1) is 7.11 Å². The van der Waals surface area contributed by atoms with Crippen LogP contribution >= 0.6 is 11.8 Å². The molecule has 0 atom stereocenters. The highest BCUT2D eigenvalue weighted by atomic mass is 32.2. The molecule has 1 aliphatic carbocycles. The number of rotatable bonds is 6. The van der Waals surface area contributed by atoms with Crippen LogP contribution in [-0.2, 0) is 6.54 Å². The molecule has 0 saturated heterocycles. The molecule has 0 aliphatic heterocycles. The van der Waals surface area contributed by atoms with Crippen molar-refractivity contribution in [3.63, 3.8) is 0 Å². The average Bonchev–Trinajstić information content (AvgIpc) is 3.12. The number of nitrogens with one attached hydrogen (secondary N) is 1. The Hall–Kier alpha value is -0.740. The summed E-state index contributed by atoms with van der Waals surface area (Å²) in [5.74, 6) is 0.361. The van der Waals surface area contributed by atoms with Gasteiger partial charge in [0, 0.05) is 29.5 Å². The van der Waals surface area contributed by atoms with E-state index in [-0.39, 0.29) is 5.82 Å². The fourth-order valence-corrected chi connectivity index (χ4v) is 2.57. The van der Waals surface area contributed by atoms with E-state index in [4.69, 9.17) is 4.74 Å². The maximum Gasteiger partial charge on any atom is 0.131 e. The Labute approximate surface area is 106 Å². The number of benzene rings is 1. The van der Waals surface area contributed by atoms with Crippen molar-refractivity contribution in [2.24, 2.45) is 0 Å². The number of ether oxygens (including phenoxy) is 1. The molecule has 1 aliphatic rings. The van der Waals surface area contributed by atoms with Crippen LogP contribution in [0.1, 0.15) is 18.4 Å². The van der Waals surface area contributed by atoms with Gasteiger partial charge in [-0.25, -0.2) is 4.39 Å². The fourth-order valence-electron chi connectivity index (χ4n) is 1.82. The molecule has 0 amide bonds. The summed E-state index contributed by atoms with van der Waals surface area (Å²) in [5, 5.41) is 3.33. The molecule has 1 aromatic rings. The van der Waals surface area contributed by atoms with Gasteiger partial charge < -0.3 is 10.1 Å². The second-order valence-electron chi connectivity index (χ2n) is 4.45. The van der Waals surface area contributed by atoms with Crippen molar-refractivity contribution < 1.29 is 9.13 Å². The lowest BCUT2D eigenvalue weighted by molar-refractivity contribution is 0.410. The van der Waals surface area contributed by atoms with Gasteiger partial charge in [-0.15, -0.1) is 0 Å². The van der Waals surface area contributed by atoms with Crippen molar-refractivity contribution in [3.8, 4) is 5.75 Å². The Morgan fingerprint density at radius 1 is 1.47 bits per heavy atom. The van der Waals surface area contributed by atoms with Crippen LogP contribution in [0.15, 0.2) is 18.2 Å². The van der Waals surface area contributed by atoms with E-state index in [1.807, 2.05) is 11.8 Å². The quantitative estimate of drug-likeness (QED) is 0.844. The van der Waals surface area contributed by atoms with E-state index in [0.717, 1.165) is 6.54 Å². The molecule has 2 rings (SSSR count). The Morgan fingerprint density at radius 2 is 2.24 bits per heavy atom. The van der Waals surface area contributed by atoms with Crippen molar-refractivity contribution in [2.45, 2.75) is 24.1 Å². The van der Waals surface area contributed by atoms with Crippen molar-refractivity contribution in [2.75, 3.05) is 19.9 Å². The standard InChI is InChI=1S/C13H18FNOS/c1-16-11-4-3-10(12(14)7-11)8-15-9-13(17-2)5-6-13/h3-4,7,15H,5-6,8-9H2,1-2H3. The van der Waals surface area contributed by atoms with Gasteiger partial charge in [-0.2, -0.15) is 11.8 Å². The second kappa shape index (κ2) is 5.27. The van der Waals surface area contributed by atoms with Gasteiger partial charge in [-0.1, -0.05) is 6.07 Å².